The molecule has 0 aliphatic heterocycles. The number of imidazole rings is 2. The Labute approximate surface area is 185 Å². The summed E-state index contributed by atoms with van der Waals surface area (Å²) in [4.78, 5) is 5.13. The van der Waals surface area contributed by atoms with Crippen LogP contribution in [0.1, 0.15) is 53.8 Å². The van der Waals surface area contributed by atoms with Crippen molar-refractivity contribution in [1.29, 1.82) is 0 Å². The topological polar surface area (TPSA) is 48.2 Å². The van der Waals surface area contributed by atoms with E-state index in [-0.39, 0.29) is 0 Å². The Balaban J connectivity index is 1.72. The number of hydrogen-bond acceptors (Lipinski definition) is 2. The average molecular weight is 415 g/mol. The smallest absolute Gasteiger partial charge is 0.220 e. The molecule has 4 nitrogen and oxygen atoms in total. The number of benzene rings is 2. The van der Waals surface area contributed by atoms with Gasteiger partial charge < -0.3 is 5.73 Å². The zero-order valence-corrected chi connectivity index (χ0v) is 19.3. The Kier molecular flexibility index (Phi) is 5.13. The number of fused-ring (bicyclic) bond motifs is 3. The van der Waals surface area contributed by atoms with Gasteiger partial charge in [-0.05, 0) is 88.6 Å². The summed E-state index contributed by atoms with van der Waals surface area (Å²) in [5.41, 5.74) is 16.1. The SMILES string of the molecule is Cc1cc(C)c(-n2c3ccccc3n3c(CC(CCN)CC4CC4)c(C)nc23)c(C)c1. The molecule has 1 unspecified atom stereocenters. The molecule has 1 atom stereocenters. The van der Waals surface area contributed by atoms with Gasteiger partial charge >= 0.3 is 0 Å². The second kappa shape index (κ2) is 7.83. The maximum Gasteiger partial charge on any atom is 0.220 e. The van der Waals surface area contributed by atoms with Gasteiger partial charge in [0.05, 0.1) is 22.4 Å². The standard InChI is InChI=1S/C27H34N4/c1-17-13-18(2)26(19(3)14-17)31-24-8-6-5-7-23(24)30-25(20(4)29-27(30)31)16-22(11-12-28)15-21-9-10-21/h5-8,13-14,21-22H,9-12,15-16,28H2,1-4H3. The van der Waals surface area contributed by atoms with Gasteiger partial charge in [0.25, 0.3) is 0 Å². The van der Waals surface area contributed by atoms with Crippen molar-refractivity contribution in [2.75, 3.05) is 6.54 Å². The number of para-hydroxylation sites is 2. The molecule has 1 aliphatic carbocycles. The fourth-order valence-corrected chi connectivity index (χ4v) is 5.52. The molecule has 0 spiro atoms. The molecule has 0 bridgehead atoms. The normalized spacial score (nSPS) is 15.3. The van der Waals surface area contributed by atoms with Crippen molar-refractivity contribution in [2.24, 2.45) is 17.6 Å². The lowest BCUT2D eigenvalue weighted by molar-refractivity contribution is 0.423. The number of nitrogens with zero attached hydrogens (tertiary/aromatic N) is 3. The molecule has 2 N–H and O–H groups in total. The molecule has 1 saturated carbocycles. The van der Waals surface area contributed by atoms with Gasteiger partial charge in [0, 0.05) is 5.69 Å². The van der Waals surface area contributed by atoms with Crippen molar-refractivity contribution in [3.63, 3.8) is 0 Å². The van der Waals surface area contributed by atoms with Crippen molar-refractivity contribution in [3.8, 4) is 5.69 Å². The van der Waals surface area contributed by atoms with E-state index >= 15 is 0 Å². The van der Waals surface area contributed by atoms with E-state index < -0.39 is 0 Å². The van der Waals surface area contributed by atoms with Crippen LogP contribution in [-0.4, -0.2) is 20.5 Å². The van der Waals surface area contributed by atoms with E-state index in [2.05, 4.69) is 73.1 Å². The van der Waals surface area contributed by atoms with E-state index in [1.165, 1.54) is 58.4 Å². The third kappa shape index (κ3) is 3.57. The van der Waals surface area contributed by atoms with Gasteiger partial charge in [0.1, 0.15) is 0 Å². The summed E-state index contributed by atoms with van der Waals surface area (Å²) in [6.07, 6.45) is 6.25. The minimum atomic E-state index is 0.640. The molecule has 4 heteroatoms. The summed E-state index contributed by atoms with van der Waals surface area (Å²) in [7, 11) is 0. The highest BCUT2D eigenvalue weighted by molar-refractivity contribution is 5.85. The molecule has 162 valence electrons. The molecule has 31 heavy (non-hydrogen) atoms. The lowest BCUT2D eigenvalue weighted by Gasteiger charge is -2.16. The minimum absolute atomic E-state index is 0.640. The first-order valence-electron chi connectivity index (χ1n) is 11.7. The summed E-state index contributed by atoms with van der Waals surface area (Å²) >= 11 is 0. The van der Waals surface area contributed by atoms with E-state index in [0.717, 1.165) is 36.8 Å². The summed E-state index contributed by atoms with van der Waals surface area (Å²) in [5, 5.41) is 0. The van der Waals surface area contributed by atoms with Crippen molar-refractivity contribution in [2.45, 2.75) is 59.8 Å². The molecule has 2 aromatic carbocycles. The van der Waals surface area contributed by atoms with Crippen LogP contribution < -0.4 is 5.73 Å². The van der Waals surface area contributed by atoms with E-state index in [9.17, 15) is 0 Å². The van der Waals surface area contributed by atoms with Crippen LogP contribution in [0.25, 0.3) is 22.5 Å². The zero-order valence-electron chi connectivity index (χ0n) is 19.3. The van der Waals surface area contributed by atoms with Crippen LogP contribution >= 0.6 is 0 Å². The van der Waals surface area contributed by atoms with Crippen LogP contribution in [-0.2, 0) is 6.42 Å². The molecule has 0 amide bonds. The van der Waals surface area contributed by atoms with Crippen molar-refractivity contribution < 1.29 is 0 Å². The first kappa shape index (κ1) is 20.3. The number of aryl methyl sites for hydroxylation is 4. The maximum absolute atomic E-state index is 5.99. The molecule has 0 radical (unpaired) electrons. The fraction of sp³-hybridized carbons (Fsp3) is 0.444. The highest BCUT2D eigenvalue weighted by Crippen LogP contribution is 2.38. The second-order valence-corrected chi connectivity index (χ2v) is 9.68. The van der Waals surface area contributed by atoms with E-state index in [1.807, 2.05) is 0 Å². The Bertz CT molecular complexity index is 1230. The quantitative estimate of drug-likeness (QED) is 0.414. The number of rotatable bonds is 7. The molecule has 2 aromatic heterocycles. The van der Waals surface area contributed by atoms with Crippen LogP contribution in [0.3, 0.4) is 0 Å². The fourth-order valence-electron chi connectivity index (χ4n) is 5.52. The highest BCUT2D eigenvalue weighted by Gasteiger charge is 2.28. The van der Waals surface area contributed by atoms with Crippen LogP contribution in [0, 0.1) is 39.5 Å². The molecular formula is C27H34N4. The van der Waals surface area contributed by atoms with Gasteiger partial charge in [0.2, 0.25) is 5.78 Å². The van der Waals surface area contributed by atoms with E-state index in [4.69, 9.17) is 10.7 Å². The Morgan fingerprint density at radius 2 is 1.71 bits per heavy atom. The summed E-state index contributed by atoms with van der Waals surface area (Å²) in [6, 6.07) is 13.3. The molecule has 1 aliphatic rings. The number of nitrogens with two attached hydrogens (primary N) is 1. The Hall–Kier alpha value is -2.59. The van der Waals surface area contributed by atoms with Crippen LogP contribution in [0.5, 0.6) is 0 Å². The Morgan fingerprint density at radius 3 is 2.35 bits per heavy atom. The van der Waals surface area contributed by atoms with Gasteiger partial charge in [-0.1, -0.05) is 42.7 Å². The van der Waals surface area contributed by atoms with Gasteiger partial charge in [0.15, 0.2) is 0 Å². The summed E-state index contributed by atoms with van der Waals surface area (Å²) in [5.74, 6) is 2.59. The first-order valence-corrected chi connectivity index (χ1v) is 11.7. The maximum atomic E-state index is 5.99. The van der Waals surface area contributed by atoms with Crippen molar-refractivity contribution in [1.82, 2.24) is 14.0 Å². The first-order chi connectivity index (χ1) is 15.0. The lowest BCUT2D eigenvalue weighted by atomic mass is 9.93. The molecule has 2 heterocycles. The third-order valence-electron chi connectivity index (χ3n) is 7.00. The van der Waals surface area contributed by atoms with Gasteiger partial charge in [-0.15, -0.1) is 0 Å². The monoisotopic (exact) mass is 414 g/mol. The second-order valence-electron chi connectivity index (χ2n) is 9.68. The van der Waals surface area contributed by atoms with E-state index in [1.54, 1.807) is 0 Å². The predicted molar refractivity (Wildman–Crippen MR) is 129 cm³/mol. The van der Waals surface area contributed by atoms with Gasteiger partial charge in [-0.2, -0.15) is 0 Å². The average Bonchev–Trinajstić information content (AvgIpc) is 3.41. The van der Waals surface area contributed by atoms with Gasteiger partial charge in [-0.25, -0.2) is 4.98 Å². The highest BCUT2D eigenvalue weighted by atomic mass is 15.2. The number of aromatic nitrogens is 3. The van der Waals surface area contributed by atoms with Crippen molar-refractivity contribution in [3.05, 3.63) is 64.5 Å². The minimum Gasteiger partial charge on any atom is -0.330 e. The van der Waals surface area contributed by atoms with E-state index in [0.29, 0.717) is 5.92 Å². The largest absolute Gasteiger partial charge is 0.330 e. The summed E-state index contributed by atoms with van der Waals surface area (Å²) in [6.45, 7) is 9.53. The molecular weight excluding hydrogens is 380 g/mol. The predicted octanol–water partition coefficient (Wildman–Crippen LogP) is 5.82. The molecule has 0 saturated heterocycles. The molecule has 4 aromatic rings. The van der Waals surface area contributed by atoms with Gasteiger partial charge in [-0.3, -0.25) is 8.97 Å². The lowest BCUT2D eigenvalue weighted by Crippen LogP contribution is -2.13. The summed E-state index contributed by atoms with van der Waals surface area (Å²) < 4.78 is 4.79. The molecule has 1 fully saturated rings. The number of hydrogen-bond donors (Lipinski definition) is 1. The zero-order chi connectivity index (χ0) is 21.7. The third-order valence-corrected chi connectivity index (χ3v) is 7.00. The Morgan fingerprint density at radius 1 is 1.03 bits per heavy atom. The van der Waals surface area contributed by atoms with Crippen LogP contribution in [0.2, 0.25) is 0 Å². The van der Waals surface area contributed by atoms with Crippen molar-refractivity contribution >= 4 is 16.8 Å². The molecule has 5 rings (SSSR count). The van der Waals surface area contributed by atoms with Crippen LogP contribution in [0.15, 0.2) is 36.4 Å². The van der Waals surface area contributed by atoms with Crippen LogP contribution in [0.4, 0.5) is 0 Å².